The lowest BCUT2D eigenvalue weighted by Crippen LogP contribution is -2.40. The van der Waals surface area contributed by atoms with Crippen molar-refractivity contribution >= 4 is 55.9 Å². The second kappa shape index (κ2) is 9.98. The first-order valence-corrected chi connectivity index (χ1v) is 12.9. The minimum Gasteiger partial charge on any atom is -0.338 e. The fourth-order valence-corrected chi connectivity index (χ4v) is 4.93. The highest BCUT2D eigenvalue weighted by Gasteiger charge is 2.26. The van der Waals surface area contributed by atoms with Gasteiger partial charge in [-0.25, -0.2) is 22.9 Å². The molecule has 3 aromatic rings. The molecule has 13 heteroatoms. The Morgan fingerprint density at radius 1 is 1.11 bits per heavy atom. The number of sulfonamides is 1. The van der Waals surface area contributed by atoms with E-state index in [1.165, 1.54) is 11.0 Å². The summed E-state index contributed by atoms with van der Waals surface area (Å²) in [5.74, 6) is -0.678. The van der Waals surface area contributed by atoms with E-state index in [0.29, 0.717) is 35.8 Å². The summed E-state index contributed by atoms with van der Waals surface area (Å²) in [6, 6.07) is 11.5. The number of primary sulfonamides is 1. The zero-order valence-electron chi connectivity index (χ0n) is 18.5. The van der Waals surface area contributed by atoms with E-state index in [2.05, 4.69) is 20.6 Å². The van der Waals surface area contributed by atoms with Crippen LogP contribution in [0.5, 0.6) is 0 Å². The van der Waals surface area contributed by atoms with Gasteiger partial charge in [0.15, 0.2) is 11.6 Å². The van der Waals surface area contributed by atoms with Crippen LogP contribution in [0.3, 0.4) is 0 Å². The number of nitrogens with one attached hydrogen (secondary N) is 2. The first-order valence-electron chi connectivity index (χ1n) is 10.3. The largest absolute Gasteiger partial charge is 0.338 e. The predicted octanol–water partition coefficient (Wildman–Crippen LogP) is 2.66. The Morgan fingerprint density at radius 3 is 2.54 bits per heavy atom. The number of rotatable bonds is 7. The normalized spacial score (nSPS) is 14.2. The summed E-state index contributed by atoms with van der Waals surface area (Å²) in [5.41, 5.74) is 2.21. The number of halogens is 1. The average Bonchev–Trinajstić information content (AvgIpc) is 2.81. The molecule has 35 heavy (non-hydrogen) atoms. The zero-order valence-corrected chi connectivity index (χ0v) is 20.1. The molecule has 0 aliphatic carbocycles. The molecule has 0 bridgehead atoms. The summed E-state index contributed by atoms with van der Waals surface area (Å²) < 4.78 is 37.8. The second-order valence-electron chi connectivity index (χ2n) is 7.72. The van der Waals surface area contributed by atoms with Gasteiger partial charge in [-0.3, -0.25) is 9.59 Å². The van der Waals surface area contributed by atoms with Gasteiger partial charge in [-0.15, -0.1) is 0 Å². The third-order valence-electron chi connectivity index (χ3n) is 5.14. The molecular formula is C22H21FN6O4S2. The molecule has 1 aliphatic heterocycles. The summed E-state index contributed by atoms with van der Waals surface area (Å²) in [5, 5.41) is 10.5. The quantitative estimate of drug-likeness (QED) is 0.403. The fourth-order valence-electron chi connectivity index (χ4n) is 3.37. The number of carbonyl (C=O) groups excluding carboxylic acids is 2. The molecule has 1 amide bonds. The predicted molar refractivity (Wildman–Crippen MR) is 130 cm³/mol. The Morgan fingerprint density at radius 2 is 1.83 bits per heavy atom. The summed E-state index contributed by atoms with van der Waals surface area (Å²) in [6.07, 6.45) is 0.984. The van der Waals surface area contributed by atoms with Crippen LogP contribution in [0.25, 0.3) is 0 Å². The van der Waals surface area contributed by atoms with Crippen molar-refractivity contribution in [3.05, 3.63) is 65.6 Å². The number of aryl methyl sites for hydroxylation is 1. The number of amides is 1. The first-order chi connectivity index (χ1) is 16.6. The smallest absolute Gasteiger partial charge is 0.301 e. The highest BCUT2D eigenvalue weighted by Crippen LogP contribution is 2.24. The maximum atomic E-state index is 14.3. The van der Waals surface area contributed by atoms with E-state index in [9.17, 15) is 22.4 Å². The van der Waals surface area contributed by atoms with E-state index in [0.717, 1.165) is 23.5 Å². The van der Waals surface area contributed by atoms with Gasteiger partial charge in [-0.05, 0) is 42.3 Å². The highest BCUT2D eigenvalue weighted by atomic mass is 32.2. The van der Waals surface area contributed by atoms with Crippen LogP contribution in [0, 0.1) is 12.7 Å². The third-order valence-corrected chi connectivity index (χ3v) is 7.02. The number of nitrogens with zero attached hydrogens (tertiary/aromatic N) is 3. The zero-order chi connectivity index (χ0) is 25.2. The SMILES string of the molecule is Cc1ccc(Nc2ncc(F)c(Nc3ccc(CN4CCSC(=O)C4=O)cc3)n2)cc1S(N)(=O)=O. The standard InChI is InChI=1S/C22H21FN6O4S2/c1-13-2-5-16(10-18(13)35(24,32)33)27-22-25-11-17(23)19(28-22)26-15-6-3-14(4-7-15)12-29-8-9-34-21(31)20(29)30/h2-7,10-11H,8-9,12H2,1H3,(H2,24,32,33)(H2,25,26,27,28). The molecule has 2 aromatic carbocycles. The maximum absolute atomic E-state index is 14.3. The van der Waals surface area contributed by atoms with Crippen molar-refractivity contribution in [1.82, 2.24) is 14.9 Å². The van der Waals surface area contributed by atoms with E-state index in [4.69, 9.17) is 5.14 Å². The van der Waals surface area contributed by atoms with E-state index in [1.54, 1.807) is 43.3 Å². The molecule has 0 unspecified atom stereocenters. The lowest BCUT2D eigenvalue weighted by atomic mass is 10.2. The van der Waals surface area contributed by atoms with Crippen molar-refractivity contribution < 1.29 is 22.4 Å². The van der Waals surface area contributed by atoms with Gasteiger partial charge in [0.25, 0.3) is 5.12 Å². The molecule has 4 rings (SSSR count). The maximum Gasteiger partial charge on any atom is 0.301 e. The third kappa shape index (κ3) is 5.93. The van der Waals surface area contributed by atoms with Crippen LogP contribution in [0.2, 0.25) is 0 Å². The second-order valence-corrected chi connectivity index (χ2v) is 10.3. The Labute approximate surface area is 205 Å². The summed E-state index contributed by atoms with van der Waals surface area (Å²) >= 11 is 1.02. The fraction of sp³-hybridized carbons (Fsp3) is 0.182. The van der Waals surface area contributed by atoms with E-state index in [1.807, 2.05) is 0 Å². The molecule has 10 nitrogen and oxygen atoms in total. The molecular weight excluding hydrogens is 495 g/mol. The first kappa shape index (κ1) is 24.6. The molecule has 1 aliphatic rings. The van der Waals surface area contributed by atoms with E-state index in [-0.39, 0.29) is 16.7 Å². The van der Waals surface area contributed by atoms with Crippen molar-refractivity contribution in [3.8, 4) is 0 Å². The summed E-state index contributed by atoms with van der Waals surface area (Å²) in [7, 11) is -3.92. The molecule has 0 radical (unpaired) electrons. The molecule has 1 fully saturated rings. The van der Waals surface area contributed by atoms with Crippen LogP contribution in [0.15, 0.2) is 53.6 Å². The number of aromatic nitrogens is 2. The number of hydrogen-bond donors (Lipinski definition) is 3. The molecule has 0 atom stereocenters. The lowest BCUT2D eigenvalue weighted by molar-refractivity contribution is -0.141. The van der Waals surface area contributed by atoms with Crippen LogP contribution in [-0.2, 0) is 26.2 Å². The van der Waals surface area contributed by atoms with E-state index < -0.39 is 26.9 Å². The molecule has 0 saturated carbocycles. The monoisotopic (exact) mass is 516 g/mol. The molecule has 182 valence electrons. The number of anilines is 4. The summed E-state index contributed by atoms with van der Waals surface area (Å²) in [6.45, 7) is 2.42. The van der Waals surface area contributed by atoms with Crippen LogP contribution < -0.4 is 15.8 Å². The van der Waals surface area contributed by atoms with Crippen LogP contribution in [0.1, 0.15) is 11.1 Å². The molecule has 1 aromatic heterocycles. The molecule has 2 heterocycles. The molecule has 0 spiro atoms. The topological polar surface area (TPSA) is 147 Å². The Kier molecular flexibility index (Phi) is 7.00. The number of hydrogen-bond acceptors (Lipinski definition) is 9. The Hall–Kier alpha value is -3.55. The van der Waals surface area contributed by atoms with Gasteiger partial charge in [-0.2, -0.15) is 4.98 Å². The summed E-state index contributed by atoms with van der Waals surface area (Å²) in [4.78, 5) is 33.0. The van der Waals surface area contributed by atoms with Gasteiger partial charge >= 0.3 is 5.91 Å². The Bertz CT molecular complexity index is 1400. The highest BCUT2D eigenvalue weighted by molar-refractivity contribution is 8.15. The van der Waals surface area contributed by atoms with Gasteiger partial charge in [0, 0.05) is 30.2 Å². The van der Waals surface area contributed by atoms with Crippen molar-refractivity contribution in [2.24, 2.45) is 5.14 Å². The Balaban J connectivity index is 1.47. The van der Waals surface area contributed by atoms with Crippen molar-refractivity contribution in [3.63, 3.8) is 0 Å². The minimum atomic E-state index is -3.92. The van der Waals surface area contributed by atoms with E-state index >= 15 is 0 Å². The number of carbonyl (C=O) groups is 2. The molecule has 1 saturated heterocycles. The van der Waals surface area contributed by atoms with Gasteiger partial charge in [0.1, 0.15) is 0 Å². The van der Waals surface area contributed by atoms with Crippen molar-refractivity contribution in [2.75, 3.05) is 22.9 Å². The van der Waals surface area contributed by atoms with Gasteiger partial charge < -0.3 is 15.5 Å². The van der Waals surface area contributed by atoms with Gasteiger partial charge in [0.05, 0.1) is 11.1 Å². The average molecular weight is 517 g/mol. The van der Waals surface area contributed by atoms with Crippen LogP contribution in [0.4, 0.5) is 27.5 Å². The van der Waals surface area contributed by atoms with Gasteiger partial charge in [0.2, 0.25) is 16.0 Å². The van der Waals surface area contributed by atoms with Crippen LogP contribution >= 0.6 is 11.8 Å². The van der Waals surface area contributed by atoms with Crippen molar-refractivity contribution in [1.29, 1.82) is 0 Å². The van der Waals surface area contributed by atoms with Crippen LogP contribution in [-0.4, -0.2) is 46.6 Å². The number of thioether (sulfide) groups is 1. The minimum absolute atomic E-state index is 0.0425. The lowest BCUT2D eigenvalue weighted by Gasteiger charge is -2.25. The van der Waals surface area contributed by atoms with Gasteiger partial charge in [-0.1, -0.05) is 30.0 Å². The number of benzene rings is 2. The molecule has 4 N–H and O–H groups in total. The van der Waals surface area contributed by atoms with Crippen molar-refractivity contribution in [2.45, 2.75) is 18.4 Å². The number of nitrogens with two attached hydrogens (primary N) is 1.